The van der Waals surface area contributed by atoms with Gasteiger partial charge in [-0.3, -0.25) is 4.79 Å². The molecule has 1 aromatic heterocycles. The number of ether oxygens (including phenoxy) is 4. The Kier molecular flexibility index (Phi) is 7.77. The number of methoxy groups -OCH3 is 2. The van der Waals surface area contributed by atoms with Gasteiger partial charge in [0.15, 0.2) is 11.5 Å². The van der Waals surface area contributed by atoms with E-state index in [9.17, 15) is 10.1 Å². The van der Waals surface area contributed by atoms with Gasteiger partial charge >= 0.3 is 5.97 Å². The van der Waals surface area contributed by atoms with Crippen LogP contribution in [0.4, 0.5) is 0 Å². The first kappa shape index (κ1) is 25.1. The molecule has 4 rings (SSSR count). The molecule has 184 valence electrons. The second kappa shape index (κ2) is 11.1. The van der Waals surface area contributed by atoms with Gasteiger partial charge in [-0.25, -0.2) is 0 Å². The molecule has 0 aliphatic carbocycles. The topological polar surface area (TPSA) is 77.8 Å². The van der Waals surface area contributed by atoms with Crippen molar-refractivity contribution in [2.45, 2.75) is 25.9 Å². The van der Waals surface area contributed by atoms with E-state index >= 15 is 0 Å². The van der Waals surface area contributed by atoms with Crippen LogP contribution in [0.3, 0.4) is 0 Å². The number of esters is 1. The number of thiophene rings is 1. The smallest absolute Gasteiger partial charge is 0.316 e. The van der Waals surface area contributed by atoms with Crippen LogP contribution >= 0.6 is 11.3 Å². The maximum absolute atomic E-state index is 13.4. The van der Waals surface area contributed by atoms with Crippen LogP contribution < -0.4 is 14.2 Å². The predicted molar refractivity (Wildman–Crippen MR) is 140 cm³/mol. The molecule has 0 radical (unpaired) electrons. The fourth-order valence-electron chi connectivity index (χ4n) is 3.98. The Bertz CT molecular complexity index is 1350. The van der Waals surface area contributed by atoms with E-state index < -0.39 is 18.0 Å². The van der Waals surface area contributed by atoms with Crippen LogP contribution in [0, 0.1) is 17.2 Å². The number of nitriles is 1. The molecule has 1 heterocycles. The van der Waals surface area contributed by atoms with E-state index in [2.05, 4.69) is 6.07 Å². The summed E-state index contributed by atoms with van der Waals surface area (Å²) in [6.45, 7) is 3.93. The number of benzene rings is 3. The van der Waals surface area contributed by atoms with Crippen LogP contribution in [-0.4, -0.2) is 20.2 Å². The molecular weight excluding hydrogens is 474 g/mol. The van der Waals surface area contributed by atoms with Gasteiger partial charge in [0.05, 0.1) is 20.1 Å². The molecule has 4 aromatic rings. The summed E-state index contributed by atoms with van der Waals surface area (Å²) in [6.07, 6.45) is -1.06. The van der Waals surface area contributed by atoms with E-state index in [0.29, 0.717) is 28.6 Å². The first-order chi connectivity index (χ1) is 17.4. The maximum Gasteiger partial charge on any atom is 0.316 e. The summed E-state index contributed by atoms with van der Waals surface area (Å²) in [5.74, 6) is 1.47. The van der Waals surface area contributed by atoms with E-state index in [1.165, 1.54) is 11.3 Å². The molecule has 0 bridgehead atoms. The van der Waals surface area contributed by atoms with Gasteiger partial charge in [0.1, 0.15) is 17.6 Å². The SMILES string of the molecule is COc1cc2cc(C(C(=O)OC(C#N)c3cccc(Oc4ccccc4)c3)C(C)C)sc2cc1OC. The van der Waals surface area contributed by atoms with Gasteiger partial charge in [-0.1, -0.05) is 44.2 Å². The molecule has 0 N–H and O–H groups in total. The molecule has 0 spiro atoms. The predicted octanol–water partition coefficient (Wildman–Crippen LogP) is 7.26. The highest BCUT2D eigenvalue weighted by molar-refractivity contribution is 7.19. The van der Waals surface area contributed by atoms with Crippen molar-refractivity contribution in [2.75, 3.05) is 14.2 Å². The third kappa shape index (κ3) is 5.45. The lowest BCUT2D eigenvalue weighted by atomic mass is 9.94. The van der Waals surface area contributed by atoms with Crippen LogP contribution in [0.15, 0.2) is 72.8 Å². The van der Waals surface area contributed by atoms with Crippen molar-refractivity contribution in [2.24, 2.45) is 5.92 Å². The monoisotopic (exact) mass is 501 g/mol. The van der Waals surface area contributed by atoms with Crippen molar-refractivity contribution in [3.63, 3.8) is 0 Å². The summed E-state index contributed by atoms with van der Waals surface area (Å²) < 4.78 is 23.4. The van der Waals surface area contributed by atoms with E-state index in [1.807, 2.05) is 62.4 Å². The normalized spacial score (nSPS) is 12.6. The molecule has 3 aromatic carbocycles. The zero-order chi connectivity index (χ0) is 25.7. The first-order valence-electron chi connectivity index (χ1n) is 11.5. The Labute approximate surface area is 214 Å². The second-order valence-electron chi connectivity index (χ2n) is 8.55. The van der Waals surface area contributed by atoms with Crippen molar-refractivity contribution in [3.8, 4) is 29.1 Å². The fraction of sp³-hybridized carbons (Fsp3) is 0.241. The molecule has 0 saturated carbocycles. The number of carbonyl (C=O) groups excluding carboxylic acids is 1. The van der Waals surface area contributed by atoms with Crippen LogP contribution in [0.2, 0.25) is 0 Å². The zero-order valence-electron chi connectivity index (χ0n) is 20.6. The zero-order valence-corrected chi connectivity index (χ0v) is 21.4. The molecule has 0 aliphatic heterocycles. The third-order valence-corrected chi connectivity index (χ3v) is 6.94. The van der Waals surface area contributed by atoms with Crippen molar-refractivity contribution < 1.29 is 23.7 Å². The highest BCUT2D eigenvalue weighted by Crippen LogP contribution is 2.41. The quantitative estimate of drug-likeness (QED) is 0.225. The molecule has 0 saturated heterocycles. The molecule has 7 heteroatoms. The summed E-state index contributed by atoms with van der Waals surface area (Å²) in [4.78, 5) is 14.2. The number of rotatable bonds is 9. The number of carbonyl (C=O) groups is 1. The van der Waals surface area contributed by atoms with Crippen LogP contribution in [0.5, 0.6) is 23.0 Å². The number of fused-ring (bicyclic) bond motifs is 1. The lowest BCUT2D eigenvalue weighted by Crippen LogP contribution is -2.22. The second-order valence-corrected chi connectivity index (χ2v) is 9.66. The summed E-state index contributed by atoms with van der Waals surface area (Å²) in [5.41, 5.74) is 0.549. The van der Waals surface area contributed by atoms with Crippen molar-refractivity contribution in [1.82, 2.24) is 0 Å². The Morgan fingerprint density at radius 2 is 1.58 bits per heavy atom. The van der Waals surface area contributed by atoms with Crippen LogP contribution in [0.25, 0.3) is 10.1 Å². The number of nitrogens with zero attached hydrogens (tertiary/aromatic N) is 1. The summed E-state index contributed by atoms with van der Waals surface area (Å²) in [6, 6.07) is 24.3. The summed E-state index contributed by atoms with van der Waals surface area (Å²) in [5, 5.41) is 10.8. The molecule has 36 heavy (non-hydrogen) atoms. The Morgan fingerprint density at radius 1 is 0.889 bits per heavy atom. The van der Waals surface area contributed by atoms with Crippen molar-refractivity contribution in [3.05, 3.63) is 83.2 Å². The van der Waals surface area contributed by atoms with Crippen LogP contribution in [0.1, 0.15) is 36.3 Å². The van der Waals surface area contributed by atoms with Crippen molar-refractivity contribution >= 4 is 27.4 Å². The highest BCUT2D eigenvalue weighted by atomic mass is 32.1. The summed E-state index contributed by atoms with van der Waals surface area (Å²) in [7, 11) is 3.18. The maximum atomic E-state index is 13.4. The third-order valence-electron chi connectivity index (χ3n) is 5.76. The van der Waals surface area contributed by atoms with E-state index in [4.69, 9.17) is 18.9 Å². The summed E-state index contributed by atoms with van der Waals surface area (Å²) >= 11 is 1.51. The lowest BCUT2D eigenvalue weighted by Gasteiger charge is -2.20. The molecule has 2 unspecified atom stereocenters. The largest absolute Gasteiger partial charge is 0.493 e. The Morgan fingerprint density at radius 3 is 2.25 bits per heavy atom. The molecule has 0 amide bonds. The lowest BCUT2D eigenvalue weighted by molar-refractivity contribution is -0.149. The standard InChI is InChI=1S/C29H27NO5S/c1-18(2)28(27-15-20-14-23(32-3)24(33-4)16-26(20)36-27)29(31)35-25(17-30)19-9-8-12-22(13-19)34-21-10-6-5-7-11-21/h5-16,18,25,28H,1-4H3. The molecule has 2 atom stereocenters. The van der Waals surface area contributed by atoms with E-state index in [-0.39, 0.29) is 5.92 Å². The van der Waals surface area contributed by atoms with E-state index in [0.717, 1.165) is 15.0 Å². The minimum atomic E-state index is -1.06. The van der Waals surface area contributed by atoms with Gasteiger partial charge in [-0.15, -0.1) is 11.3 Å². The van der Waals surface area contributed by atoms with Gasteiger partial charge in [0.2, 0.25) is 6.10 Å². The Hall–Kier alpha value is -4.02. The van der Waals surface area contributed by atoms with Crippen LogP contribution in [-0.2, 0) is 9.53 Å². The molecular formula is C29H27NO5S. The van der Waals surface area contributed by atoms with Gasteiger partial charge in [-0.2, -0.15) is 5.26 Å². The number of hydrogen-bond acceptors (Lipinski definition) is 7. The van der Waals surface area contributed by atoms with Gasteiger partial charge in [0.25, 0.3) is 0 Å². The number of hydrogen-bond donors (Lipinski definition) is 0. The fourth-order valence-corrected chi connectivity index (χ4v) is 5.32. The molecule has 0 aliphatic rings. The highest BCUT2D eigenvalue weighted by Gasteiger charge is 2.30. The average molecular weight is 502 g/mol. The van der Waals surface area contributed by atoms with Gasteiger partial charge in [0, 0.05) is 21.2 Å². The number of para-hydroxylation sites is 1. The minimum absolute atomic E-state index is 0.0403. The van der Waals surface area contributed by atoms with Gasteiger partial charge in [-0.05, 0) is 47.7 Å². The Balaban J connectivity index is 1.58. The first-order valence-corrected chi connectivity index (χ1v) is 12.3. The molecule has 0 fully saturated rings. The van der Waals surface area contributed by atoms with E-state index in [1.54, 1.807) is 38.5 Å². The molecule has 6 nitrogen and oxygen atoms in total. The van der Waals surface area contributed by atoms with Gasteiger partial charge < -0.3 is 18.9 Å². The van der Waals surface area contributed by atoms with Crippen molar-refractivity contribution in [1.29, 1.82) is 5.26 Å². The average Bonchev–Trinajstić information content (AvgIpc) is 3.28. The minimum Gasteiger partial charge on any atom is -0.493 e.